The highest BCUT2D eigenvalue weighted by Crippen LogP contribution is 2.27. The molecule has 3 rings (SSSR count). The third kappa shape index (κ3) is 9.85. The number of alkyl carbamates (subject to hydrolysis) is 1. The molecule has 0 aromatic heterocycles. The molecule has 0 fully saturated rings. The molecule has 0 heterocycles. The number of ether oxygens (including phenoxy) is 1. The second-order valence-corrected chi connectivity index (χ2v) is 10.4. The van der Waals surface area contributed by atoms with Gasteiger partial charge in [-0.05, 0) is 79.9 Å². The number of aliphatic hydroxyl groups is 1. The molecule has 0 aliphatic heterocycles. The highest BCUT2D eigenvalue weighted by Gasteiger charge is 2.32. The number of halogens is 4. The minimum Gasteiger partial charge on any atom is -0.444 e. The number of carbonyl (C=O) groups excluding carboxylic acids is 2. The van der Waals surface area contributed by atoms with Crippen LogP contribution in [0, 0.1) is 5.82 Å². The number of benzene rings is 3. The first kappa shape index (κ1) is 32.6. The highest BCUT2D eigenvalue weighted by atomic mass is 19.4. The summed E-state index contributed by atoms with van der Waals surface area (Å²) in [6, 6.07) is 15.6. The fraction of sp³-hybridized carbons (Fsp3) is 0.233. The molecule has 3 aromatic rings. The lowest BCUT2D eigenvalue weighted by Gasteiger charge is -2.19. The maximum absolute atomic E-state index is 14.7. The number of nitrogens with one attached hydrogen (secondary N) is 2. The standard InChI is InChI=1S/C30H31F4N5O4/c1-29(2,3)43-28(42)37-16-17-5-4-6-21(13-17)38-24(15-25(36)30(32,33)34)27(41)39-23-14-19(9-12-22(23)31)26(40)18-7-10-20(35)11-8-18/h4-15,26,40H,16,35-36H2,1-3H3,(H,37,42)(H,39,41). The zero-order valence-electron chi connectivity index (χ0n) is 23.5. The summed E-state index contributed by atoms with van der Waals surface area (Å²) in [5, 5.41) is 15.5. The summed E-state index contributed by atoms with van der Waals surface area (Å²) in [5.41, 5.74) is 8.93. The number of alkyl halides is 3. The Morgan fingerprint density at radius 3 is 2.30 bits per heavy atom. The monoisotopic (exact) mass is 601 g/mol. The third-order valence-electron chi connectivity index (χ3n) is 5.65. The summed E-state index contributed by atoms with van der Waals surface area (Å²) in [6.07, 6.45) is -6.56. The fourth-order valence-corrected chi connectivity index (χ4v) is 3.61. The third-order valence-corrected chi connectivity index (χ3v) is 5.65. The lowest BCUT2D eigenvalue weighted by Crippen LogP contribution is -2.32. The van der Waals surface area contributed by atoms with Crippen LogP contribution in [-0.4, -0.2) is 34.6 Å². The van der Waals surface area contributed by atoms with Crippen molar-refractivity contribution in [2.75, 3.05) is 11.1 Å². The van der Waals surface area contributed by atoms with Crippen LogP contribution in [0.4, 0.5) is 39.4 Å². The number of nitrogens with two attached hydrogens (primary N) is 2. The molecule has 0 spiro atoms. The van der Waals surface area contributed by atoms with E-state index in [9.17, 15) is 32.3 Å². The van der Waals surface area contributed by atoms with Crippen LogP contribution < -0.4 is 22.1 Å². The van der Waals surface area contributed by atoms with Crippen LogP contribution in [0.2, 0.25) is 0 Å². The normalized spacial score (nSPS) is 13.3. The van der Waals surface area contributed by atoms with Gasteiger partial charge in [0.1, 0.15) is 28.9 Å². The first-order valence-corrected chi connectivity index (χ1v) is 12.8. The van der Waals surface area contributed by atoms with E-state index in [-0.39, 0.29) is 17.8 Å². The van der Waals surface area contributed by atoms with Gasteiger partial charge in [-0.2, -0.15) is 13.2 Å². The van der Waals surface area contributed by atoms with Crippen molar-refractivity contribution in [3.05, 3.63) is 101 Å². The van der Waals surface area contributed by atoms with E-state index in [1.165, 1.54) is 24.3 Å². The van der Waals surface area contributed by atoms with Crippen LogP contribution in [0.1, 0.15) is 43.6 Å². The molecule has 0 aliphatic carbocycles. The molecular formula is C30H31F4N5O4. The second kappa shape index (κ2) is 13.4. The van der Waals surface area contributed by atoms with Gasteiger partial charge in [0.05, 0.1) is 11.4 Å². The molecule has 1 unspecified atom stereocenters. The van der Waals surface area contributed by atoms with Crippen LogP contribution in [-0.2, 0) is 16.1 Å². The molecule has 13 heteroatoms. The molecule has 2 amide bonds. The van der Waals surface area contributed by atoms with Gasteiger partial charge in [-0.3, -0.25) is 4.79 Å². The van der Waals surface area contributed by atoms with Crippen LogP contribution in [0.3, 0.4) is 0 Å². The Morgan fingerprint density at radius 2 is 1.67 bits per heavy atom. The van der Waals surface area contributed by atoms with E-state index < -0.39 is 52.8 Å². The van der Waals surface area contributed by atoms with Crippen molar-refractivity contribution in [3.8, 4) is 0 Å². The number of allylic oxidation sites excluding steroid dienone is 1. The van der Waals surface area contributed by atoms with Crippen LogP contribution in [0.25, 0.3) is 0 Å². The summed E-state index contributed by atoms with van der Waals surface area (Å²) in [4.78, 5) is 29.1. The van der Waals surface area contributed by atoms with Gasteiger partial charge in [-0.1, -0.05) is 30.3 Å². The van der Waals surface area contributed by atoms with Gasteiger partial charge in [-0.25, -0.2) is 14.2 Å². The van der Waals surface area contributed by atoms with E-state index in [0.29, 0.717) is 22.9 Å². The zero-order chi connectivity index (χ0) is 31.9. The SMILES string of the molecule is CC(C)(C)OC(=O)NCc1cccc(N=C(C=C(N)C(F)(F)F)C(=O)Nc2cc(C(O)c3ccc(N)cc3)ccc2F)c1. The second-order valence-electron chi connectivity index (χ2n) is 10.4. The fourth-order valence-electron chi connectivity index (χ4n) is 3.61. The predicted octanol–water partition coefficient (Wildman–Crippen LogP) is 5.63. The lowest BCUT2D eigenvalue weighted by molar-refractivity contribution is -0.110. The van der Waals surface area contributed by atoms with Crippen molar-refractivity contribution in [1.29, 1.82) is 0 Å². The first-order valence-electron chi connectivity index (χ1n) is 12.8. The minimum absolute atomic E-state index is 0.00529. The average Bonchev–Trinajstić information content (AvgIpc) is 2.91. The van der Waals surface area contributed by atoms with E-state index in [0.717, 1.165) is 12.1 Å². The number of aliphatic imine (C=N–C) groups is 1. The van der Waals surface area contributed by atoms with Crippen molar-refractivity contribution in [2.45, 2.75) is 45.2 Å². The Kier molecular flexibility index (Phi) is 10.1. The largest absolute Gasteiger partial charge is 0.444 e. The van der Waals surface area contributed by atoms with Gasteiger partial charge in [0, 0.05) is 12.2 Å². The topological polar surface area (TPSA) is 152 Å². The molecule has 0 radical (unpaired) electrons. The summed E-state index contributed by atoms with van der Waals surface area (Å²) < 4.78 is 59.6. The van der Waals surface area contributed by atoms with Crippen molar-refractivity contribution < 1.29 is 37.0 Å². The highest BCUT2D eigenvalue weighted by molar-refractivity contribution is 6.47. The minimum atomic E-state index is -4.98. The molecule has 0 saturated carbocycles. The maximum Gasteiger partial charge on any atom is 0.430 e. The van der Waals surface area contributed by atoms with E-state index in [1.807, 2.05) is 0 Å². The summed E-state index contributed by atoms with van der Waals surface area (Å²) in [5.74, 6) is -2.12. The molecule has 0 bridgehead atoms. The number of amides is 2. The molecule has 0 saturated heterocycles. The van der Waals surface area contributed by atoms with Gasteiger partial charge in [0.2, 0.25) is 0 Å². The predicted molar refractivity (Wildman–Crippen MR) is 155 cm³/mol. The van der Waals surface area contributed by atoms with Crippen molar-refractivity contribution >= 4 is 34.8 Å². The number of rotatable bonds is 8. The molecule has 9 nitrogen and oxygen atoms in total. The number of aliphatic hydroxyl groups excluding tert-OH is 1. The first-order chi connectivity index (χ1) is 20.0. The Labute approximate surface area is 245 Å². The van der Waals surface area contributed by atoms with Gasteiger partial charge in [0.15, 0.2) is 0 Å². The van der Waals surface area contributed by atoms with Gasteiger partial charge in [-0.15, -0.1) is 0 Å². The smallest absolute Gasteiger partial charge is 0.430 e. The van der Waals surface area contributed by atoms with Crippen LogP contribution >= 0.6 is 0 Å². The van der Waals surface area contributed by atoms with Crippen molar-refractivity contribution in [1.82, 2.24) is 5.32 Å². The number of hydrogen-bond acceptors (Lipinski definition) is 7. The molecule has 7 N–H and O–H groups in total. The van der Waals surface area contributed by atoms with Crippen molar-refractivity contribution in [3.63, 3.8) is 0 Å². The summed E-state index contributed by atoms with van der Waals surface area (Å²) >= 11 is 0. The molecule has 0 aliphatic rings. The van der Waals surface area contributed by atoms with E-state index in [4.69, 9.17) is 16.2 Å². The average molecular weight is 602 g/mol. The lowest BCUT2D eigenvalue weighted by atomic mass is 10.0. The molecule has 3 aromatic carbocycles. The number of nitrogen functional groups attached to an aromatic ring is 1. The Bertz CT molecular complexity index is 1530. The van der Waals surface area contributed by atoms with E-state index >= 15 is 0 Å². The maximum atomic E-state index is 14.7. The summed E-state index contributed by atoms with van der Waals surface area (Å²) in [6.45, 7) is 5.07. The van der Waals surface area contributed by atoms with E-state index in [1.54, 1.807) is 51.1 Å². The van der Waals surface area contributed by atoms with Crippen LogP contribution in [0.5, 0.6) is 0 Å². The summed E-state index contributed by atoms with van der Waals surface area (Å²) in [7, 11) is 0. The molecule has 228 valence electrons. The van der Waals surface area contributed by atoms with Gasteiger partial charge in [0.25, 0.3) is 5.91 Å². The van der Waals surface area contributed by atoms with Gasteiger partial charge >= 0.3 is 12.3 Å². The van der Waals surface area contributed by atoms with Crippen molar-refractivity contribution in [2.24, 2.45) is 10.7 Å². The van der Waals surface area contributed by atoms with Gasteiger partial charge < -0.3 is 31.9 Å². The van der Waals surface area contributed by atoms with E-state index in [2.05, 4.69) is 15.6 Å². The number of anilines is 2. The Hall–Kier alpha value is -4.91. The zero-order valence-corrected chi connectivity index (χ0v) is 23.5. The van der Waals surface area contributed by atoms with Crippen LogP contribution in [0.15, 0.2) is 83.5 Å². The number of hydrogen-bond donors (Lipinski definition) is 5. The molecule has 43 heavy (non-hydrogen) atoms. The Balaban J connectivity index is 1.90. The number of carbonyl (C=O) groups is 2. The quantitative estimate of drug-likeness (QED) is 0.128. The Morgan fingerprint density at radius 1 is 1.02 bits per heavy atom. The molecular weight excluding hydrogens is 570 g/mol. The number of nitrogens with zero attached hydrogens (tertiary/aromatic N) is 1. The molecule has 1 atom stereocenters.